The van der Waals surface area contributed by atoms with E-state index in [0.29, 0.717) is 5.89 Å². The van der Waals surface area contributed by atoms with Gasteiger partial charge in [0.2, 0.25) is 5.89 Å². The number of halogens is 3. The summed E-state index contributed by atoms with van der Waals surface area (Å²) >= 11 is 17.7. The number of esters is 1. The zero-order valence-corrected chi connectivity index (χ0v) is 15.0. The van der Waals surface area contributed by atoms with E-state index in [1.807, 2.05) is 30.3 Å². The largest absolute Gasteiger partial charge is 0.448 e. The van der Waals surface area contributed by atoms with Crippen LogP contribution in [0.25, 0.3) is 11.5 Å². The van der Waals surface area contributed by atoms with Crippen molar-refractivity contribution >= 4 is 40.8 Å². The second-order valence-electron chi connectivity index (χ2n) is 4.94. The molecule has 6 nitrogen and oxygen atoms in total. The summed E-state index contributed by atoms with van der Waals surface area (Å²) < 4.78 is 10.8. The summed E-state index contributed by atoms with van der Waals surface area (Å²) in [6.45, 7) is 1.59. The van der Waals surface area contributed by atoms with Crippen molar-refractivity contribution < 1.29 is 13.9 Å². The van der Waals surface area contributed by atoms with E-state index < -0.39 is 12.1 Å². The molecule has 0 amide bonds. The molecule has 0 aliphatic carbocycles. The van der Waals surface area contributed by atoms with Crippen molar-refractivity contribution in [1.82, 2.24) is 15.2 Å². The molecule has 0 fully saturated rings. The molecule has 9 heteroatoms. The third-order valence-corrected chi connectivity index (χ3v) is 4.44. The number of pyridine rings is 1. The van der Waals surface area contributed by atoms with E-state index >= 15 is 0 Å². The molecule has 0 saturated heterocycles. The SMILES string of the molecule is C[C@H](OC(=O)c1ncc(Cl)c(Cl)c1Cl)c1nnc(-c2ccccc2)o1. The van der Waals surface area contributed by atoms with Crippen molar-refractivity contribution in [2.24, 2.45) is 0 Å². The summed E-state index contributed by atoms with van der Waals surface area (Å²) in [6.07, 6.45) is 0.418. The molecular formula is C16H10Cl3N3O3. The van der Waals surface area contributed by atoms with Crippen LogP contribution in [0.3, 0.4) is 0 Å². The predicted octanol–water partition coefficient (Wildman–Crippen LogP) is 5.01. The van der Waals surface area contributed by atoms with Crippen LogP contribution in [0.1, 0.15) is 29.4 Å². The van der Waals surface area contributed by atoms with Crippen LogP contribution in [0.4, 0.5) is 0 Å². The van der Waals surface area contributed by atoms with Gasteiger partial charge in [-0.3, -0.25) is 0 Å². The molecule has 2 heterocycles. The zero-order chi connectivity index (χ0) is 18.0. The molecule has 128 valence electrons. The van der Waals surface area contributed by atoms with Crippen LogP contribution >= 0.6 is 34.8 Å². The summed E-state index contributed by atoms with van der Waals surface area (Å²) in [7, 11) is 0. The lowest BCUT2D eigenvalue weighted by atomic mass is 10.2. The standard InChI is InChI=1S/C16H10Cl3N3O3/c1-8(14-21-22-15(25-14)9-5-3-2-4-6-9)24-16(23)13-12(19)11(18)10(17)7-20-13/h2-8H,1H3/t8-/m0/s1. The maximum atomic E-state index is 12.2. The Kier molecular flexibility index (Phi) is 5.22. The van der Waals surface area contributed by atoms with Gasteiger partial charge in [-0.1, -0.05) is 53.0 Å². The molecule has 3 aromatic rings. The number of benzene rings is 1. The smallest absolute Gasteiger partial charge is 0.359 e. The normalized spacial score (nSPS) is 12.0. The molecule has 0 radical (unpaired) electrons. The van der Waals surface area contributed by atoms with E-state index in [1.54, 1.807) is 6.92 Å². The molecule has 1 atom stereocenters. The highest BCUT2D eigenvalue weighted by Gasteiger charge is 2.24. The predicted molar refractivity (Wildman–Crippen MR) is 92.8 cm³/mol. The Hall–Kier alpha value is -2.15. The molecule has 0 aliphatic rings. The van der Waals surface area contributed by atoms with E-state index in [2.05, 4.69) is 15.2 Å². The summed E-state index contributed by atoms with van der Waals surface area (Å²) in [5, 5.41) is 7.93. The molecule has 25 heavy (non-hydrogen) atoms. The number of ether oxygens (including phenoxy) is 1. The van der Waals surface area contributed by atoms with Gasteiger partial charge in [0.25, 0.3) is 5.89 Å². The van der Waals surface area contributed by atoms with Gasteiger partial charge in [0, 0.05) is 11.8 Å². The minimum atomic E-state index is -0.801. The van der Waals surface area contributed by atoms with Crippen molar-refractivity contribution in [3.63, 3.8) is 0 Å². The summed E-state index contributed by atoms with van der Waals surface area (Å²) in [6, 6.07) is 9.22. The van der Waals surface area contributed by atoms with Crippen LogP contribution in [-0.2, 0) is 4.74 Å². The highest BCUT2D eigenvalue weighted by atomic mass is 35.5. The maximum absolute atomic E-state index is 12.2. The average Bonchev–Trinajstić information content (AvgIpc) is 3.10. The van der Waals surface area contributed by atoms with E-state index in [4.69, 9.17) is 44.0 Å². The van der Waals surface area contributed by atoms with Crippen LogP contribution < -0.4 is 0 Å². The molecule has 3 rings (SSSR count). The number of nitrogens with zero attached hydrogens (tertiary/aromatic N) is 3. The fourth-order valence-electron chi connectivity index (χ4n) is 1.95. The van der Waals surface area contributed by atoms with Gasteiger partial charge in [0.1, 0.15) is 0 Å². The van der Waals surface area contributed by atoms with Crippen LogP contribution in [0.5, 0.6) is 0 Å². The first kappa shape index (κ1) is 17.7. The van der Waals surface area contributed by atoms with Crippen LogP contribution in [-0.4, -0.2) is 21.2 Å². The first-order valence-electron chi connectivity index (χ1n) is 7.06. The monoisotopic (exact) mass is 397 g/mol. The Morgan fingerprint density at radius 1 is 1.12 bits per heavy atom. The van der Waals surface area contributed by atoms with Crippen molar-refractivity contribution in [1.29, 1.82) is 0 Å². The Morgan fingerprint density at radius 2 is 1.84 bits per heavy atom. The average molecular weight is 399 g/mol. The Bertz CT molecular complexity index is 915. The summed E-state index contributed by atoms with van der Waals surface area (Å²) in [5.41, 5.74) is 0.611. The Labute approximate surface area is 157 Å². The fraction of sp³-hybridized carbons (Fsp3) is 0.125. The minimum Gasteiger partial charge on any atom is -0.448 e. The van der Waals surface area contributed by atoms with Crippen LogP contribution in [0.15, 0.2) is 40.9 Å². The van der Waals surface area contributed by atoms with Crippen LogP contribution in [0, 0.1) is 0 Å². The third kappa shape index (κ3) is 3.76. The molecule has 0 unspecified atom stereocenters. The molecule has 2 aromatic heterocycles. The number of hydrogen-bond donors (Lipinski definition) is 0. The van der Waals surface area contributed by atoms with E-state index in [-0.39, 0.29) is 26.7 Å². The number of carbonyl (C=O) groups is 1. The lowest BCUT2D eigenvalue weighted by Crippen LogP contribution is -2.12. The number of aromatic nitrogens is 3. The number of hydrogen-bond acceptors (Lipinski definition) is 6. The van der Waals surface area contributed by atoms with Gasteiger partial charge < -0.3 is 9.15 Å². The molecule has 0 spiro atoms. The second-order valence-corrected chi connectivity index (χ2v) is 6.10. The molecule has 1 aromatic carbocycles. The quantitative estimate of drug-likeness (QED) is 0.575. The second kappa shape index (κ2) is 7.39. The lowest BCUT2D eigenvalue weighted by Gasteiger charge is -2.10. The first-order chi connectivity index (χ1) is 12.0. The number of rotatable bonds is 4. The van der Waals surface area contributed by atoms with Crippen molar-refractivity contribution in [2.75, 3.05) is 0 Å². The highest BCUT2D eigenvalue weighted by Crippen LogP contribution is 2.32. The van der Waals surface area contributed by atoms with Gasteiger partial charge in [-0.05, 0) is 19.1 Å². The zero-order valence-electron chi connectivity index (χ0n) is 12.7. The molecule has 0 aliphatic heterocycles. The maximum Gasteiger partial charge on any atom is 0.359 e. The highest BCUT2D eigenvalue weighted by molar-refractivity contribution is 6.48. The van der Waals surface area contributed by atoms with E-state index in [1.165, 1.54) is 6.20 Å². The van der Waals surface area contributed by atoms with Gasteiger partial charge in [-0.2, -0.15) is 0 Å². The first-order valence-corrected chi connectivity index (χ1v) is 8.20. The van der Waals surface area contributed by atoms with Gasteiger partial charge in [0.15, 0.2) is 11.8 Å². The van der Waals surface area contributed by atoms with Crippen molar-refractivity contribution in [3.8, 4) is 11.5 Å². The Balaban J connectivity index is 1.77. The van der Waals surface area contributed by atoms with Gasteiger partial charge in [-0.25, -0.2) is 9.78 Å². The fourth-order valence-corrected chi connectivity index (χ4v) is 2.51. The molecule has 0 saturated carbocycles. The Morgan fingerprint density at radius 3 is 2.56 bits per heavy atom. The van der Waals surface area contributed by atoms with E-state index in [9.17, 15) is 4.79 Å². The minimum absolute atomic E-state index is 0.0297. The summed E-state index contributed by atoms with van der Waals surface area (Å²) in [5.74, 6) is -0.317. The van der Waals surface area contributed by atoms with E-state index in [0.717, 1.165) is 5.56 Å². The van der Waals surface area contributed by atoms with Gasteiger partial charge in [0.05, 0.1) is 15.1 Å². The van der Waals surface area contributed by atoms with Crippen LogP contribution in [0.2, 0.25) is 15.1 Å². The third-order valence-electron chi connectivity index (χ3n) is 3.20. The molecule has 0 N–H and O–H groups in total. The van der Waals surface area contributed by atoms with Gasteiger partial charge >= 0.3 is 5.97 Å². The van der Waals surface area contributed by atoms with Crippen molar-refractivity contribution in [3.05, 3.63) is 63.2 Å². The lowest BCUT2D eigenvalue weighted by molar-refractivity contribution is 0.0273. The van der Waals surface area contributed by atoms with Gasteiger partial charge in [-0.15, -0.1) is 10.2 Å². The number of carbonyl (C=O) groups excluding carboxylic acids is 1. The topological polar surface area (TPSA) is 78.1 Å². The molecule has 0 bridgehead atoms. The molecular weight excluding hydrogens is 389 g/mol. The van der Waals surface area contributed by atoms with Crippen molar-refractivity contribution in [2.45, 2.75) is 13.0 Å². The summed E-state index contributed by atoms with van der Waals surface area (Å²) in [4.78, 5) is 16.1.